The van der Waals surface area contributed by atoms with E-state index >= 15 is 0 Å². The van der Waals surface area contributed by atoms with E-state index in [4.69, 9.17) is 4.74 Å². The first-order valence-electron chi connectivity index (χ1n) is 6.78. The minimum atomic E-state index is -1.60. The number of amides is 2. The number of carbonyl (C=O) groups is 2. The molecule has 0 bridgehead atoms. The normalized spacial score (nSPS) is 19.8. The molecular formula is C15H15N3O3S. The van der Waals surface area contributed by atoms with Gasteiger partial charge in [0.2, 0.25) is 0 Å². The molecule has 0 saturated heterocycles. The molecule has 0 aliphatic carbocycles. The largest absolute Gasteiger partial charge is 0.466 e. The molecule has 1 aromatic heterocycles. The third kappa shape index (κ3) is 2.55. The molecule has 1 atom stereocenters. The average Bonchev–Trinajstić information content (AvgIpc) is 2.91. The number of nitrogens with one attached hydrogen (secondary N) is 2. The predicted octanol–water partition coefficient (Wildman–Crippen LogP) is 1.86. The summed E-state index contributed by atoms with van der Waals surface area (Å²) in [6.07, 6.45) is 0. The second kappa shape index (κ2) is 5.42. The Morgan fingerprint density at radius 1 is 1.45 bits per heavy atom. The van der Waals surface area contributed by atoms with Crippen LogP contribution in [0.3, 0.4) is 0 Å². The number of para-hydroxylation sites is 2. The van der Waals surface area contributed by atoms with Gasteiger partial charge in [-0.3, -0.25) is 9.59 Å². The molecule has 2 aromatic rings. The van der Waals surface area contributed by atoms with Crippen molar-refractivity contribution in [3.63, 3.8) is 0 Å². The number of carbonyl (C=O) groups excluding carboxylic acids is 2. The molecule has 114 valence electrons. The number of anilines is 1. The van der Waals surface area contributed by atoms with Crippen molar-refractivity contribution in [3.8, 4) is 5.75 Å². The van der Waals surface area contributed by atoms with Gasteiger partial charge < -0.3 is 15.4 Å². The van der Waals surface area contributed by atoms with Crippen LogP contribution in [0.4, 0.5) is 5.69 Å². The molecule has 2 N–H and O–H groups in total. The molecule has 0 fully saturated rings. The Labute approximate surface area is 131 Å². The minimum absolute atomic E-state index is 0.261. The number of hydrogen-bond donors (Lipinski definition) is 2. The van der Waals surface area contributed by atoms with Gasteiger partial charge in [-0.1, -0.05) is 12.1 Å². The van der Waals surface area contributed by atoms with E-state index in [1.165, 1.54) is 18.3 Å². The number of ether oxygens (including phenoxy) is 1. The molecule has 0 spiro atoms. The molecule has 6 nitrogen and oxygen atoms in total. The van der Waals surface area contributed by atoms with Crippen LogP contribution < -0.4 is 15.4 Å². The van der Waals surface area contributed by atoms with E-state index in [9.17, 15) is 9.59 Å². The standard InChI is InChI=1S/C15H15N3O3S/c1-9-17-10(8-22-9)7-16-13(19)15(2)14(20)18-11-5-3-4-6-12(11)21-15/h3-6,8H,7H2,1-2H3,(H,16,19)(H,18,20)/t15-/m1/s1. The van der Waals surface area contributed by atoms with Crippen LogP contribution in [0.15, 0.2) is 29.6 Å². The van der Waals surface area contributed by atoms with Crippen LogP contribution in [0, 0.1) is 6.92 Å². The third-order valence-electron chi connectivity index (χ3n) is 3.41. The summed E-state index contributed by atoms with van der Waals surface area (Å²) < 4.78 is 5.65. The number of fused-ring (bicyclic) bond motifs is 1. The van der Waals surface area contributed by atoms with Crippen molar-refractivity contribution in [2.45, 2.75) is 26.0 Å². The van der Waals surface area contributed by atoms with Gasteiger partial charge >= 0.3 is 0 Å². The SMILES string of the molecule is Cc1nc(CNC(=O)[C@@]2(C)Oc3ccccc3NC2=O)cs1. The zero-order chi connectivity index (χ0) is 15.7. The Hall–Kier alpha value is -2.41. The molecule has 2 heterocycles. The highest BCUT2D eigenvalue weighted by Gasteiger charge is 2.47. The van der Waals surface area contributed by atoms with Crippen molar-refractivity contribution >= 4 is 28.8 Å². The fourth-order valence-electron chi connectivity index (χ4n) is 2.15. The van der Waals surface area contributed by atoms with Gasteiger partial charge in [0.05, 0.1) is 22.9 Å². The van der Waals surface area contributed by atoms with Gasteiger partial charge in [0.1, 0.15) is 5.75 Å². The molecule has 0 unspecified atom stereocenters. The molecule has 1 aliphatic rings. The molecular weight excluding hydrogens is 302 g/mol. The number of hydrogen-bond acceptors (Lipinski definition) is 5. The molecule has 1 aromatic carbocycles. The maximum absolute atomic E-state index is 12.4. The molecule has 1 aliphatic heterocycles. The number of thiazole rings is 1. The fraction of sp³-hybridized carbons (Fsp3) is 0.267. The van der Waals surface area contributed by atoms with Crippen LogP contribution in [0.25, 0.3) is 0 Å². The number of aromatic nitrogens is 1. The van der Waals surface area contributed by atoms with E-state index in [2.05, 4.69) is 15.6 Å². The fourth-order valence-corrected chi connectivity index (χ4v) is 2.76. The summed E-state index contributed by atoms with van der Waals surface area (Å²) >= 11 is 1.51. The molecule has 3 rings (SSSR count). The Balaban J connectivity index is 1.75. The second-order valence-corrected chi connectivity index (χ2v) is 6.19. The van der Waals surface area contributed by atoms with Gasteiger partial charge in [-0.05, 0) is 26.0 Å². The Bertz CT molecular complexity index is 743. The van der Waals surface area contributed by atoms with Crippen LogP contribution in [-0.4, -0.2) is 22.4 Å². The third-order valence-corrected chi connectivity index (χ3v) is 4.23. The summed E-state index contributed by atoms with van der Waals surface area (Å²) in [5.74, 6) is -0.507. The highest BCUT2D eigenvalue weighted by atomic mass is 32.1. The van der Waals surface area contributed by atoms with Gasteiger partial charge in [0.25, 0.3) is 17.4 Å². The van der Waals surface area contributed by atoms with Crippen LogP contribution in [0.1, 0.15) is 17.6 Å². The summed E-state index contributed by atoms with van der Waals surface area (Å²) in [7, 11) is 0. The summed E-state index contributed by atoms with van der Waals surface area (Å²) in [6, 6.07) is 7.01. The van der Waals surface area contributed by atoms with Gasteiger partial charge in [-0.2, -0.15) is 0 Å². The van der Waals surface area contributed by atoms with Crippen LogP contribution >= 0.6 is 11.3 Å². The predicted molar refractivity (Wildman–Crippen MR) is 82.8 cm³/mol. The Morgan fingerprint density at radius 2 is 2.23 bits per heavy atom. The van der Waals surface area contributed by atoms with Crippen molar-refractivity contribution in [3.05, 3.63) is 40.3 Å². The van der Waals surface area contributed by atoms with Crippen molar-refractivity contribution in [1.82, 2.24) is 10.3 Å². The first kappa shape index (κ1) is 14.5. The lowest BCUT2D eigenvalue weighted by molar-refractivity contribution is -0.146. The highest BCUT2D eigenvalue weighted by molar-refractivity contribution is 7.09. The zero-order valence-corrected chi connectivity index (χ0v) is 13.0. The monoisotopic (exact) mass is 317 g/mol. The molecule has 22 heavy (non-hydrogen) atoms. The van der Waals surface area contributed by atoms with Crippen LogP contribution in [-0.2, 0) is 16.1 Å². The Kier molecular flexibility index (Phi) is 3.58. The number of benzene rings is 1. The topological polar surface area (TPSA) is 80.3 Å². The highest BCUT2D eigenvalue weighted by Crippen LogP contribution is 2.33. The second-order valence-electron chi connectivity index (χ2n) is 5.13. The van der Waals surface area contributed by atoms with Gasteiger partial charge in [-0.25, -0.2) is 4.98 Å². The number of rotatable bonds is 3. The van der Waals surface area contributed by atoms with Crippen LogP contribution in [0.2, 0.25) is 0 Å². The summed E-state index contributed by atoms with van der Waals surface area (Å²) in [5, 5.41) is 8.20. The van der Waals surface area contributed by atoms with E-state index in [1.807, 2.05) is 12.3 Å². The van der Waals surface area contributed by atoms with Crippen molar-refractivity contribution in [2.24, 2.45) is 0 Å². The first-order chi connectivity index (χ1) is 10.5. The van der Waals surface area contributed by atoms with E-state index in [1.54, 1.807) is 24.3 Å². The lowest BCUT2D eigenvalue weighted by Crippen LogP contribution is -2.58. The smallest absolute Gasteiger partial charge is 0.278 e. The maximum Gasteiger partial charge on any atom is 0.278 e. The minimum Gasteiger partial charge on any atom is -0.466 e. The van der Waals surface area contributed by atoms with Gasteiger partial charge in [0.15, 0.2) is 0 Å². The zero-order valence-electron chi connectivity index (χ0n) is 12.2. The van der Waals surface area contributed by atoms with Crippen molar-refractivity contribution in [2.75, 3.05) is 5.32 Å². The lowest BCUT2D eigenvalue weighted by Gasteiger charge is -2.33. The quantitative estimate of drug-likeness (QED) is 0.847. The molecule has 7 heteroatoms. The first-order valence-corrected chi connectivity index (χ1v) is 7.66. The maximum atomic E-state index is 12.4. The van der Waals surface area contributed by atoms with Crippen molar-refractivity contribution in [1.29, 1.82) is 0 Å². The van der Waals surface area contributed by atoms with Gasteiger partial charge in [-0.15, -0.1) is 11.3 Å². The summed E-state index contributed by atoms with van der Waals surface area (Å²) in [6.45, 7) is 3.61. The summed E-state index contributed by atoms with van der Waals surface area (Å²) in [5.41, 5.74) is -0.275. The van der Waals surface area contributed by atoms with Crippen LogP contribution in [0.5, 0.6) is 5.75 Å². The molecule has 2 amide bonds. The molecule has 0 radical (unpaired) electrons. The van der Waals surface area contributed by atoms with E-state index in [0.29, 0.717) is 11.4 Å². The van der Waals surface area contributed by atoms with E-state index in [0.717, 1.165) is 10.7 Å². The average molecular weight is 317 g/mol. The van der Waals surface area contributed by atoms with E-state index in [-0.39, 0.29) is 6.54 Å². The summed E-state index contributed by atoms with van der Waals surface area (Å²) in [4.78, 5) is 28.9. The van der Waals surface area contributed by atoms with E-state index < -0.39 is 17.4 Å². The lowest BCUT2D eigenvalue weighted by atomic mass is 10.0. The number of aryl methyl sites for hydroxylation is 1. The Morgan fingerprint density at radius 3 is 2.95 bits per heavy atom. The van der Waals surface area contributed by atoms with Crippen molar-refractivity contribution < 1.29 is 14.3 Å². The van der Waals surface area contributed by atoms with Gasteiger partial charge in [0, 0.05) is 5.38 Å². The number of nitrogens with zero attached hydrogens (tertiary/aromatic N) is 1. The molecule has 0 saturated carbocycles.